The largest absolute Gasteiger partial charge is 0.506 e. The molecule has 0 unspecified atom stereocenters. The standard InChI is InChI=1S/C25H26N2O4S/c1-4-27(5-2)19-14-12-17(13-15-19)16-20-22(28)21(25(30)31-6-3)24(32-20)26-23(29)18-10-8-7-9-11-18/h7-16,28H,4-6H2,1-3H3/b20-16+,26-24?. The van der Waals surface area contributed by atoms with Gasteiger partial charge in [0.1, 0.15) is 16.4 Å². The lowest BCUT2D eigenvalue weighted by atomic mass is 10.1. The van der Waals surface area contributed by atoms with Crippen molar-refractivity contribution in [2.75, 3.05) is 24.6 Å². The number of hydrogen-bond acceptors (Lipinski definition) is 6. The zero-order valence-corrected chi connectivity index (χ0v) is 19.2. The highest BCUT2D eigenvalue weighted by atomic mass is 32.2. The normalized spacial score (nSPS) is 16.0. The molecular formula is C25H26N2O4S. The minimum absolute atomic E-state index is 0.0906. The van der Waals surface area contributed by atoms with Gasteiger partial charge in [-0.05, 0) is 56.7 Å². The average molecular weight is 451 g/mol. The Labute approximate surface area is 192 Å². The highest BCUT2D eigenvalue weighted by molar-refractivity contribution is 8.18. The van der Waals surface area contributed by atoms with E-state index in [9.17, 15) is 14.7 Å². The van der Waals surface area contributed by atoms with Gasteiger partial charge in [0.25, 0.3) is 5.91 Å². The fourth-order valence-corrected chi connectivity index (χ4v) is 4.26. The van der Waals surface area contributed by atoms with Crippen molar-refractivity contribution in [3.8, 4) is 0 Å². The van der Waals surface area contributed by atoms with Crippen molar-refractivity contribution >= 4 is 40.4 Å². The number of ether oxygens (including phenoxy) is 1. The molecule has 2 aromatic rings. The number of carbonyl (C=O) groups is 2. The van der Waals surface area contributed by atoms with Gasteiger partial charge in [0, 0.05) is 24.3 Å². The quantitative estimate of drug-likeness (QED) is 0.582. The first kappa shape index (κ1) is 23.3. The molecule has 166 valence electrons. The molecule has 6 nitrogen and oxygen atoms in total. The number of esters is 1. The molecule has 0 atom stereocenters. The second kappa shape index (κ2) is 10.8. The summed E-state index contributed by atoms with van der Waals surface area (Å²) in [6.45, 7) is 7.85. The van der Waals surface area contributed by atoms with Crippen LogP contribution in [-0.4, -0.2) is 41.7 Å². The van der Waals surface area contributed by atoms with Crippen LogP contribution in [-0.2, 0) is 9.53 Å². The number of rotatable bonds is 7. The van der Waals surface area contributed by atoms with Crippen molar-refractivity contribution in [2.45, 2.75) is 20.8 Å². The van der Waals surface area contributed by atoms with E-state index in [0.29, 0.717) is 10.5 Å². The number of amides is 1. The summed E-state index contributed by atoms with van der Waals surface area (Å²) in [6, 6.07) is 16.5. The zero-order chi connectivity index (χ0) is 23.1. The Morgan fingerprint density at radius 2 is 1.69 bits per heavy atom. The Bertz CT molecular complexity index is 1070. The Morgan fingerprint density at radius 3 is 2.28 bits per heavy atom. The number of thioether (sulfide) groups is 1. The van der Waals surface area contributed by atoms with E-state index < -0.39 is 11.9 Å². The highest BCUT2D eigenvalue weighted by Gasteiger charge is 2.33. The molecule has 32 heavy (non-hydrogen) atoms. The molecule has 1 N–H and O–H groups in total. The minimum atomic E-state index is -0.711. The molecule has 2 aromatic carbocycles. The number of aliphatic hydroxyl groups is 1. The molecule has 1 heterocycles. The summed E-state index contributed by atoms with van der Waals surface area (Å²) in [7, 11) is 0. The van der Waals surface area contributed by atoms with Crippen molar-refractivity contribution in [3.05, 3.63) is 82.0 Å². The van der Waals surface area contributed by atoms with Gasteiger partial charge in [0.2, 0.25) is 0 Å². The first-order valence-electron chi connectivity index (χ1n) is 10.5. The number of aliphatic imine (C=N–C) groups is 1. The molecule has 3 rings (SSSR count). The molecule has 0 saturated heterocycles. The lowest BCUT2D eigenvalue weighted by Crippen LogP contribution is -2.21. The molecule has 1 aliphatic heterocycles. The summed E-state index contributed by atoms with van der Waals surface area (Å²) < 4.78 is 5.08. The van der Waals surface area contributed by atoms with Crippen LogP contribution in [0.3, 0.4) is 0 Å². The van der Waals surface area contributed by atoms with Crippen LogP contribution in [0.25, 0.3) is 6.08 Å². The molecule has 0 aliphatic carbocycles. The zero-order valence-electron chi connectivity index (χ0n) is 18.4. The molecule has 0 spiro atoms. The van der Waals surface area contributed by atoms with Gasteiger partial charge in [-0.3, -0.25) is 4.79 Å². The van der Waals surface area contributed by atoms with E-state index >= 15 is 0 Å². The van der Waals surface area contributed by atoms with Crippen LogP contribution in [0.4, 0.5) is 5.69 Å². The second-order valence-corrected chi connectivity index (χ2v) is 7.94. The van der Waals surface area contributed by atoms with E-state index in [-0.39, 0.29) is 23.0 Å². The van der Waals surface area contributed by atoms with Crippen LogP contribution < -0.4 is 4.90 Å². The average Bonchev–Trinajstić information content (AvgIpc) is 3.11. The molecule has 1 amide bonds. The summed E-state index contributed by atoms with van der Waals surface area (Å²) in [4.78, 5) is 31.8. The Morgan fingerprint density at radius 1 is 1.03 bits per heavy atom. The fraction of sp³-hybridized carbons (Fsp3) is 0.240. The van der Waals surface area contributed by atoms with Crippen molar-refractivity contribution in [1.82, 2.24) is 0 Å². The second-order valence-electron chi connectivity index (χ2n) is 6.91. The third kappa shape index (κ3) is 5.29. The predicted octanol–water partition coefficient (Wildman–Crippen LogP) is 5.23. The van der Waals surface area contributed by atoms with Gasteiger partial charge >= 0.3 is 5.97 Å². The fourth-order valence-electron chi connectivity index (χ4n) is 3.25. The van der Waals surface area contributed by atoms with Crippen molar-refractivity contribution in [1.29, 1.82) is 0 Å². The first-order chi connectivity index (χ1) is 15.5. The van der Waals surface area contributed by atoms with Crippen LogP contribution in [0.5, 0.6) is 0 Å². The van der Waals surface area contributed by atoms with Gasteiger partial charge in [-0.25, -0.2) is 9.79 Å². The Hall–Kier alpha value is -3.32. The summed E-state index contributed by atoms with van der Waals surface area (Å²) >= 11 is 1.07. The predicted molar refractivity (Wildman–Crippen MR) is 130 cm³/mol. The molecule has 0 radical (unpaired) electrons. The van der Waals surface area contributed by atoms with E-state index in [1.807, 2.05) is 24.3 Å². The lowest BCUT2D eigenvalue weighted by molar-refractivity contribution is -0.138. The number of hydrogen-bond donors (Lipinski definition) is 1. The smallest absolute Gasteiger partial charge is 0.344 e. The third-order valence-electron chi connectivity index (χ3n) is 4.91. The molecular weight excluding hydrogens is 424 g/mol. The summed E-state index contributed by atoms with van der Waals surface area (Å²) in [6.07, 6.45) is 1.76. The minimum Gasteiger partial charge on any atom is -0.506 e. The molecule has 0 aromatic heterocycles. The van der Waals surface area contributed by atoms with E-state index in [0.717, 1.165) is 36.1 Å². The number of anilines is 1. The molecule has 0 saturated carbocycles. The van der Waals surface area contributed by atoms with Crippen LogP contribution >= 0.6 is 11.8 Å². The van der Waals surface area contributed by atoms with Gasteiger partial charge in [0.15, 0.2) is 0 Å². The molecule has 7 heteroatoms. The molecule has 0 fully saturated rings. The van der Waals surface area contributed by atoms with E-state index in [2.05, 4.69) is 23.7 Å². The maximum absolute atomic E-state index is 12.6. The Kier molecular flexibility index (Phi) is 7.89. The SMILES string of the molecule is CCOC(=O)C1=C(O)/C(=C\c2ccc(N(CC)CC)cc2)SC1=NC(=O)c1ccccc1. The van der Waals surface area contributed by atoms with Crippen LogP contribution in [0.1, 0.15) is 36.7 Å². The van der Waals surface area contributed by atoms with Crippen molar-refractivity contribution in [2.24, 2.45) is 4.99 Å². The third-order valence-corrected chi connectivity index (χ3v) is 5.93. The van der Waals surface area contributed by atoms with E-state index in [1.54, 1.807) is 43.3 Å². The van der Waals surface area contributed by atoms with Gasteiger partial charge in [-0.15, -0.1) is 0 Å². The summed E-state index contributed by atoms with van der Waals surface area (Å²) in [5, 5.41) is 10.9. The van der Waals surface area contributed by atoms with Crippen molar-refractivity contribution < 1.29 is 19.4 Å². The van der Waals surface area contributed by atoms with Gasteiger partial charge < -0.3 is 14.7 Å². The monoisotopic (exact) mass is 450 g/mol. The Balaban J connectivity index is 1.94. The van der Waals surface area contributed by atoms with Gasteiger partial charge in [-0.1, -0.05) is 42.1 Å². The number of carbonyl (C=O) groups excluding carboxylic acids is 2. The van der Waals surface area contributed by atoms with E-state index in [4.69, 9.17) is 4.74 Å². The molecule has 1 aliphatic rings. The van der Waals surface area contributed by atoms with Crippen molar-refractivity contribution in [3.63, 3.8) is 0 Å². The van der Waals surface area contributed by atoms with E-state index in [1.165, 1.54) is 0 Å². The number of aliphatic hydroxyl groups excluding tert-OH is 1. The maximum atomic E-state index is 12.6. The number of nitrogens with zero attached hydrogens (tertiary/aromatic N) is 2. The van der Waals surface area contributed by atoms with Crippen LogP contribution in [0.2, 0.25) is 0 Å². The highest BCUT2D eigenvalue weighted by Crippen LogP contribution is 2.39. The number of benzene rings is 2. The maximum Gasteiger partial charge on any atom is 0.344 e. The van der Waals surface area contributed by atoms with Gasteiger partial charge in [0.05, 0.1) is 11.5 Å². The van der Waals surface area contributed by atoms with Crippen LogP contribution in [0.15, 0.2) is 75.8 Å². The first-order valence-corrected chi connectivity index (χ1v) is 11.3. The van der Waals surface area contributed by atoms with Gasteiger partial charge in [-0.2, -0.15) is 0 Å². The summed E-state index contributed by atoms with van der Waals surface area (Å²) in [5.41, 5.74) is 2.27. The lowest BCUT2D eigenvalue weighted by Gasteiger charge is -2.20. The topological polar surface area (TPSA) is 79.2 Å². The molecule has 0 bridgehead atoms. The van der Waals surface area contributed by atoms with Crippen LogP contribution in [0, 0.1) is 0 Å². The summed E-state index contributed by atoms with van der Waals surface area (Å²) in [5.74, 6) is -1.44.